The first kappa shape index (κ1) is 19.2. The zero-order valence-electron chi connectivity index (χ0n) is 18.1. The minimum atomic E-state index is -0.191. The minimum absolute atomic E-state index is 0.109. The van der Waals surface area contributed by atoms with Gasteiger partial charge in [-0.05, 0) is 75.5 Å². The Morgan fingerprint density at radius 2 is 2.23 bits per heavy atom. The molecule has 2 aliphatic heterocycles. The molecule has 0 spiro atoms. The summed E-state index contributed by atoms with van der Waals surface area (Å²) in [6.45, 7) is 3.64. The lowest BCUT2D eigenvalue weighted by Gasteiger charge is -2.43. The number of rotatable bonds is 3. The fourth-order valence-corrected chi connectivity index (χ4v) is 6.48. The van der Waals surface area contributed by atoms with Crippen LogP contribution in [0.5, 0.6) is 0 Å². The van der Waals surface area contributed by atoms with Crippen molar-refractivity contribution in [2.24, 2.45) is 11.3 Å². The van der Waals surface area contributed by atoms with Crippen LogP contribution in [0.1, 0.15) is 58.3 Å². The van der Waals surface area contributed by atoms with Gasteiger partial charge in [0.2, 0.25) is 5.91 Å². The number of nitrogens with one attached hydrogen (secondary N) is 3. The van der Waals surface area contributed by atoms with Crippen LogP contribution in [0.2, 0.25) is 0 Å². The normalized spacial score (nSPS) is 33.7. The second kappa shape index (κ2) is 7.02. The fourth-order valence-electron chi connectivity index (χ4n) is 6.48. The Morgan fingerprint density at radius 1 is 1.32 bits per heavy atom. The van der Waals surface area contributed by atoms with E-state index in [-0.39, 0.29) is 23.3 Å². The minimum Gasteiger partial charge on any atom is -0.508 e. The average Bonchev–Trinajstić information content (AvgIpc) is 3.49. The zero-order valence-corrected chi connectivity index (χ0v) is 18.1. The number of ether oxygens (including phenoxy) is 1. The van der Waals surface area contributed by atoms with E-state index in [2.05, 4.69) is 29.2 Å². The third kappa shape index (κ3) is 2.84. The largest absolute Gasteiger partial charge is 0.508 e. The Labute approximate surface area is 183 Å². The van der Waals surface area contributed by atoms with Crippen LogP contribution in [0.25, 0.3) is 0 Å². The van der Waals surface area contributed by atoms with E-state index >= 15 is 0 Å². The molecule has 4 N–H and O–H groups in total. The highest BCUT2D eigenvalue weighted by Crippen LogP contribution is 2.54. The van der Waals surface area contributed by atoms with Crippen LogP contribution in [0.4, 0.5) is 0 Å². The van der Waals surface area contributed by atoms with Crippen LogP contribution >= 0.6 is 0 Å². The smallest absolute Gasteiger partial charge is 0.227 e. The molecule has 0 aromatic heterocycles. The summed E-state index contributed by atoms with van der Waals surface area (Å²) < 4.78 is 5.66. The third-order valence-corrected chi connectivity index (χ3v) is 8.11. The first-order chi connectivity index (χ1) is 15.1. The van der Waals surface area contributed by atoms with Crippen molar-refractivity contribution in [3.63, 3.8) is 0 Å². The van der Waals surface area contributed by atoms with Gasteiger partial charge in [0.25, 0.3) is 0 Å². The molecule has 0 radical (unpaired) electrons. The van der Waals surface area contributed by atoms with Gasteiger partial charge in [0, 0.05) is 35.4 Å². The molecule has 1 fully saturated rings. The average molecular weight is 422 g/mol. The maximum atomic E-state index is 13.0. The molecule has 6 heteroatoms. The van der Waals surface area contributed by atoms with Gasteiger partial charge in [-0.1, -0.05) is 11.6 Å². The highest BCUT2D eigenvalue weighted by atomic mass is 16.5. The summed E-state index contributed by atoms with van der Waals surface area (Å²) in [5.74, 6) is 0.402. The summed E-state index contributed by atoms with van der Waals surface area (Å²) in [6.07, 6.45) is 12.3. The SMILES string of the molecule is CC12CCCC=C1C(O)=CC1=C2NNC2=C1CC1=C2C(C(=O)NCC2CCCO2)CC1. The van der Waals surface area contributed by atoms with Crippen LogP contribution < -0.4 is 16.2 Å². The summed E-state index contributed by atoms with van der Waals surface area (Å²) in [5, 5.41) is 14.0. The first-order valence-electron chi connectivity index (χ1n) is 11.8. The lowest BCUT2D eigenvalue weighted by molar-refractivity contribution is -0.124. The van der Waals surface area contributed by atoms with E-state index in [0.717, 1.165) is 80.5 Å². The Kier molecular flexibility index (Phi) is 4.36. The van der Waals surface area contributed by atoms with E-state index < -0.39 is 0 Å². The molecule has 2 heterocycles. The van der Waals surface area contributed by atoms with Crippen molar-refractivity contribution < 1.29 is 14.6 Å². The summed E-state index contributed by atoms with van der Waals surface area (Å²) in [5.41, 5.74) is 14.9. The molecule has 6 rings (SSSR count). The second-order valence-electron chi connectivity index (χ2n) is 9.93. The van der Waals surface area contributed by atoms with E-state index in [0.29, 0.717) is 12.3 Å². The van der Waals surface area contributed by atoms with Crippen LogP contribution in [0.15, 0.2) is 57.2 Å². The lowest BCUT2D eigenvalue weighted by Crippen LogP contribution is -2.46. The molecule has 31 heavy (non-hydrogen) atoms. The van der Waals surface area contributed by atoms with Gasteiger partial charge in [-0.15, -0.1) is 0 Å². The molecule has 3 atom stereocenters. The molecule has 0 aromatic rings. The van der Waals surface area contributed by atoms with Crippen molar-refractivity contribution in [3.8, 4) is 0 Å². The molecular formula is C25H31N3O3. The van der Waals surface area contributed by atoms with Gasteiger partial charge in [-0.2, -0.15) is 0 Å². The van der Waals surface area contributed by atoms with Gasteiger partial charge in [-0.25, -0.2) is 0 Å². The Bertz CT molecular complexity index is 1010. The summed E-state index contributed by atoms with van der Waals surface area (Å²) in [7, 11) is 0. The Hall–Kier alpha value is -2.47. The van der Waals surface area contributed by atoms with Gasteiger partial charge in [0.05, 0.1) is 17.7 Å². The molecule has 6 nitrogen and oxygen atoms in total. The fraction of sp³-hybridized carbons (Fsp3) is 0.560. The lowest BCUT2D eigenvalue weighted by atomic mass is 9.66. The number of hydrazine groups is 1. The summed E-state index contributed by atoms with van der Waals surface area (Å²) in [4.78, 5) is 13.0. The number of aliphatic hydroxyl groups is 1. The standard InChI is InChI=1S/C25H31N3O3/c1-25-9-3-2-6-19(25)20(29)12-18-17-11-14-7-8-16(21(14)22(17)27-28-23(18)25)24(30)26-13-15-5-4-10-31-15/h6,12,15-16,27-29H,2-5,7-11,13H2,1H3,(H,26,30). The molecule has 164 valence electrons. The van der Waals surface area contributed by atoms with E-state index in [1.54, 1.807) is 0 Å². The molecule has 4 aliphatic carbocycles. The van der Waals surface area contributed by atoms with E-state index in [4.69, 9.17) is 4.74 Å². The Balaban J connectivity index is 1.29. The zero-order chi connectivity index (χ0) is 21.2. The Morgan fingerprint density at radius 3 is 3.06 bits per heavy atom. The number of fused-ring (bicyclic) bond motifs is 4. The molecule has 0 bridgehead atoms. The van der Waals surface area contributed by atoms with Gasteiger partial charge < -0.3 is 26.0 Å². The monoisotopic (exact) mass is 421 g/mol. The quantitative estimate of drug-likeness (QED) is 0.560. The second-order valence-corrected chi connectivity index (χ2v) is 9.93. The van der Waals surface area contributed by atoms with Crippen molar-refractivity contribution in [1.29, 1.82) is 0 Å². The highest BCUT2D eigenvalue weighted by molar-refractivity contribution is 5.85. The van der Waals surface area contributed by atoms with Crippen LogP contribution in [0, 0.1) is 11.3 Å². The van der Waals surface area contributed by atoms with Crippen LogP contribution in [0.3, 0.4) is 0 Å². The molecule has 0 aromatic carbocycles. The van der Waals surface area contributed by atoms with Crippen molar-refractivity contribution in [2.45, 2.75) is 64.4 Å². The van der Waals surface area contributed by atoms with Gasteiger partial charge in [-0.3, -0.25) is 4.79 Å². The highest BCUT2D eigenvalue weighted by Gasteiger charge is 2.46. The van der Waals surface area contributed by atoms with Gasteiger partial charge in [0.1, 0.15) is 5.76 Å². The van der Waals surface area contributed by atoms with E-state index in [1.807, 2.05) is 6.08 Å². The van der Waals surface area contributed by atoms with Gasteiger partial charge >= 0.3 is 0 Å². The number of carbonyl (C=O) groups excluding carboxylic acids is 1. The van der Waals surface area contributed by atoms with Crippen molar-refractivity contribution >= 4 is 5.91 Å². The van der Waals surface area contributed by atoms with Crippen LogP contribution in [-0.4, -0.2) is 30.3 Å². The number of amides is 1. The van der Waals surface area contributed by atoms with Crippen molar-refractivity contribution in [3.05, 3.63) is 57.2 Å². The molecule has 3 unspecified atom stereocenters. The van der Waals surface area contributed by atoms with E-state index in [9.17, 15) is 9.90 Å². The predicted molar refractivity (Wildman–Crippen MR) is 117 cm³/mol. The van der Waals surface area contributed by atoms with Crippen LogP contribution in [-0.2, 0) is 9.53 Å². The summed E-state index contributed by atoms with van der Waals surface area (Å²) >= 11 is 0. The van der Waals surface area contributed by atoms with Gasteiger partial charge in [0.15, 0.2) is 0 Å². The number of allylic oxidation sites excluding steroid dienone is 8. The number of hydrogen-bond acceptors (Lipinski definition) is 5. The maximum Gasteiger partial charge on any atom is 0.227 e. The third-order valence-electron chi connectivity index (χ3n) is 8.11. The topological polar surface area (TPSA) is 82.6 Å². The first-order valence-corrected chi connectivity index (χ1v) is 11.8. The number of aliphatic hydroxyl groups excluding tert-OH is 1. The molecular weight excluding hydrogens is 390 g/mol. The maximum absolute atomic E-state index is 13.0. The molecule has 6 aliphatic rings. The summed E-state index contributed by atoms with van der Waals surface area (Å²) in [6, 6.07) is 0. The molecule has 1 amide bonds. The number of carbonyl (C=O) groups is 1. The number of hydrogen-bond donors (Lipinski definition) is 4. The molecule has 0 saturated carbocycles. The van der Waals surface area contributed by atoms with Crippen molar-refractivity contribution in [2.75, 3.05) is 13.2 Å². The van der Waals surface area contributed by atoms with E-state index in [1.165, 1.54) is 16.7 Å². The predicted octanol–water partition coefficient (Wildman–Crippen LogP) is 3.58. The molecule has 1 saturated heterocycles. The van der Waals surface area contributed by atoms with Crippen molar-refractivity contribution in [1.82, 2.24) is 16.2 Å².